The van der Waals surface area contributed by atoms with Gasteiger partial charge in [-0.3, -0.25) is 4.98 Å². The maximum absolute atomic E-state index is 11.4. The Morgan fingerprint density at radius 2 is 2.17 bits per heavy atom. The number of aromatic nitrogens is 1. The average Bonchev–Trinajstić information content (AvgIpc) is 2.36. The fraction of sp³-hybridized carbons (Fsp3) is 0.286. The molecule has 0 unspecified atom stereocenters. The van der Waals surface area contributed by atoms with Gasteiger partial charge in [-0.15, -0.1) is 0 Å². The number of hydrogen-bond acceptors (Lipinski definition) is 3. The Labute approximate surface area is 105 Å². The normalized spacial score (nSPS) is 10.6. The summed E-state index contributed by atoms with van der Waals surface area (Å²) in [5.41, 5.74) is 2.56. The highest BCUT2D eigenvalue weighted by molar-refractivity contribution is 6.04. The molecule has 0 aliphatic carbocycles. The van der Waals surface area contributed by atoms with E-state index in [0.717, 1.165) is 11.3 Å². The monoisotopic (exact) mass is 245 g/mol. The number of aromatic carboxylic acids is 1. The van der Waals surface area contributed by atoms with E-state index >= 15 is 0 Å². The lowest BCUT2D eigenvalue weighted by Crippen LogP contribution is -2.06. The van der Waals surface area contributed by atoms with E-state index < -0.39 is 5.97 Å². The second-order valence-corrected chi connectivity index (χ2v) is 4.10. The molecule has 0 saturated heterocycles. The SMILES string of the molecule is CCc1nc2ccc(OC)cc2c(C(=O)O)c1C. The van der Waals surface area contributed by atoms with Crippen molar-refractivity contribution in [2.24, 2.45) is 0 Å². The van der Waals surface area contributed by atoms with Gasteiger partial charge in [0.1, 0.15) is 5.75 Å². The number of fused-ring (bicyclic) bond motifs is 1. The largest absolute Gasteiger partial charge is 0.497 e. The summed E-state index contributed by atoms with van der Waals surface area (Å²) in [4.78, 5) is 15.9. The van der Waals surface area contributed by atoms with Crippen LogP contribution in [0.2, 0.25) is 0 Å². The van der Waals surface area contributed by atoms with Crippen LogP contribution in [-0.2, 0) is 6.42 Å². The lowest BCUT2D eigenvalue weighted by Gasteiger charge is -2.11. The molecule has 0 bridgehead atoms. The van der Waals surface area contributed by atoms with Gasteiger partial charge >= 0.3 is 5.97 Å². The molecular weight excluding hydrogens is 230 g/mol. The smallest absolute Gasteiger partial charge is 0.336 e. The molecule has 94 valence electrons. The molecule has 0 aliphatic heterocycles. The first-order valence-electron chi connectivity index (χ1n) is 5.79. The number of methoxy groups -OCH3 is 1. The predicted octanol–water partition coefficient (Wildman–Crippen LogP) is 2.81. The minimum Gasteiger partial charge on any atom is -0.497 e. The zero-order valence-electron chi connectivity index (χ0n) is 10.7. The molecule has 4 heteroatoms. The Kier molecular flexibility index (Phi) is 3.19. The van der Waals surface area contributed by atoms with Crippen molar-refractivity contribution in [2.45, 2.75) is 20.3 Å². The number of aryl methyl sites for hydroxylation is 1. The van der Waals surface area contributed by atoms with Crippen LogP contribution < -0.4 is 4.74 Å². The fourth-order valence-electron chi connectivity index (χ4n) is 2.14. The van der Waals surface area contributed by atoms with Crippen molar-refractivity contribution in [2.75, 3.05) is 7.11 Å². The van der Waals surface area contributed by atoms with Crippen molar-refractivity contribution in [3.63, 3.8) is 0 Å². The summed E-state index contributed by atoms with van der Waals surface area (Å²) in [5.74, 6) is -0.293. The number of hydrogen-bond donors (Lipinski definition) is 1. The Balaban J connectivity index is 2.87. The van der Waals surface area contributed by atoms with Crippen LogP contribution in [-0.4, -0.2) is 23.2 Å². The highest BCUT2D eigenvalue weighted by atomic mass is 16.5. The van der Waals surface area contributed by atoms with Gasteiger partial charge in [-0.05, 0) is 37.1 Å². The minimum atomic E-state index is -0.928. The summed E-state index contributed by atoms with van der Waals surface area (Å²) >= 11 is 0. The summed E-state index contributed by atoms with van der Waals surface area (Å²) < 4.78 is 5.13. The van der Waals surface area contributed by atoms with Gasteiger partial charge in [0.2, 0.25) is 0 Å². The van der Waals surface area contributed by atoms with Crippen LogP contribution in [0, 0.1) is 6.92 Å². The first-order chi connectivity index (χ1) is 8.58. The molecule has 0 aliphatic rings. The third-order valence-corrected chi connectivity index (χ3v) is 3.09. The number of carboxylic acid groups (broad SMARTS) is 1. The molecule has 18 heavy (non-hydrogen) atoms. The van der Waals surface area contributed by atoms with Crippen molar-refractivity contribution >= 4 is 16.9 Å². The summed E-state index contributed by atoms with van der Waals surface area (Å²) in [6.07, 6.45) is 0.716. The van der Waals surface area contributed by atoms with Gasteiger partial charge in [0.15, 0.2) is 0 Å². The molecule has 1 heterocycles. The van der Waals surface area contributed by atoms with E-state index in [2.05, 4.69) is 4.98 Å². The number of ether oxygens (including phenoxy) is 1. The van der Waals surface area contributed by atoms with E-state index in [1.807, 2.05) is 6.92 Å². The van der Waals surface area contributed by atoms with Crippen LogP contribution in [0.3, 0.4) is 0 Å². The second-order valence-electron chi connectivity index (χ2n) is 4.10. The number of pyridine rings is 1. The quantitative estimate of drug-likeness (QED) is 0.903. The molecule has 1 aromatic heterocycles. The van der Waals surface area contributed by atoms with Crippen LogP contribution in [0.15, 0.2) is 18.2 Å². The average molecular weight is 245 g/mol. The zero-order chi connectivity index (χ0) is 13.3. The van der Waals surface area contributed by atoms with E-state index in [0.29, 0.717) is 28.6 Å². The lowest BCUT2D eigenvalue weighted by molar-refractivity contribution is 0.0698. The standard InChI is InChI=1S/C14H15NO3/c1-4-11-8(2)13(14(16)17)10-7-9(18-3)5-6-12(10)15-11/h5-7H,4H2,1-3H3,(H,16,17). The number of benzene rings is 1. The van der Waals surface area contributed by atoms with E-state index in [1.54, 1.807) is 32.2 Å². The maximum Gasteiger partial charge on any atom is 0.336 e. The Hall–Kier alpha value is -2.10. The number of carboxylic acids is 1. The van der Waals surface area contributed by atoms with E-state index in [-0.39, 0.29) is 0 Å². The Bertz CT molecular complexity index is 620. The molecule has 0 atom stereocenters. The fourth-order valence-corrected chi connectivity index (χ4v) is 2.14. The maximum atomic E-state index is 11.4. The van der Waals surface area contributed by atoms with Gasteiger partial charge < -0.3 is 9.84 Å². The van der Waals surface area contributed by atoms with Crippen molar-refractivity contribution < 1.29 is 14.6 Å². The van der Waals surface area contributed by atoms with E-state index in [1.165, 1.54) is 0 Å². The van der Waals surface area contributed by atoms with Crippen molar-refractivity contribution in [3.05, 3.63) is 35.0 Å². The van der Waals surface area contributed by atoms with Crippen molar-refractivity contribution in [3.8, 4) is 5.75 Å². The van der Waals surface area contributed by atoms with Crippen molar-refractivity contribution in [1.82, 2.24) is 4.98 Å². The molecule has 2 rings (SSSR count). The third kappa shape index (κ3) is 1.90. The molecule has 1 aromatic carbocycles. The zero-order valence-corrected chi connectivity index (χ0v) is 10.7. The molecule has 0 fully saturated rings. The van der Waals surface area contributed by atoms with E-state index in [4.69, 9.17) is 4.74 Å². The molecule has 1 N–H and O–H groups in total. The highest BCUT2D eigenvalue weighted by Gasteiger charge is 2.16. The summed E-state index contributed by atoms with van der Waals surface area (Å²) in [6.45, 7) is 3.77. The number of rotatable bonds is 3. The molecule has 4 nitrogen and oxygen atoms in total. The summed E-state index contributed by atoms with van der Waals surface area (Å²) in [6, 6.07) is 5.30. The topological polar surface area (TPSA) is 59.4 Å². The van der Waals surface area contributed by atoms with Gasteiger partial charge in [0, 0.05) is 11.1 Å². The number of nitrogens with zero attached hydrogens (tertiary/aromatic N) is 1. The molecular formula is C14H15NO3. The van der Waals surface area contributed by atoms with Crippen LogP contribution in [0.1, 0.15) is 28.5 Å². The van der Waals surface area contributed by atoms with Crippen LogP contribution in [0.25, 0.3) is 10.9 Å². The van der Waals surface area contributed by atoms with Gasteiger partial charge in [-0.1, -0.05) is 6.92 Å². The molecule has 0 amide bonds. The van der Waals surface area contributed by atoms with Gasteiger partial charge in [0.05, 0.1) is 18.2 Å². The first-order valence-corrected chi connectivity index (χ1v) is 5.79. The van der Waals surface area contributed by atoms with Crippen molar-refractivity contribution in [1.29, 1.82) is 0 Å². The van der Waals surface area contributed by atoms with Gasteiger partial charge in [0.25, 0.3) is 0 Å². The predicted molar refractivity (Wildman–Crippen MR) is 69.4 cm³/mol. The van der Waals surface area contributed by atoms with Crippen LogP contribution >= 0.6 is 0 Å². The number of carbonyl (C=O) groups is 1. The summed E-state index contributed by atoms with van der Waals surface area (Å²) in [7, 11) is 1.56. The molecule has 0 radical (unpaired) electrons. The minimum absolute atomic E-state index is 0.316. The lowest BCUT2D eigenvalue weighted by atomic mass is 10.0. The van der Waals surface area contributed by atoms with Crippen LogP contribution in [0.4, 0.5) is 0 Å². The van der Waals surface area contributed by atoms with Gasteiger partial charge in [-0.2, -0.15) is 0 Å². The first kappa shape index (κ1) is 12.4. The Morgan fingerprint density at radius 1 is 1.44 bits per heavy atom. The highest BCUT2D eigenvalue weighted by Crippen LogP contribution is 2.27. The molecule has 0 saturated carbocycles. The van der Waals surface area contributed by atoms with E-state index in [9.17, 15) is 9.90 Å². The second kappa shape index (κ2) is 4.64. The summed E-state index contributed by atoms with van der Waals surface area (Å²) in [5, 5.41) is 10.0. The van der Waals surface area contributed by atoms with Gasteiger partial charge in [-0.25, -0.2) is 4.79 Å². The molecule has 0 spiro atoms. The van der Waals surface area contributed by atoms with Crippen LogP contribution in [0.5, 0.6) is 5.75 Å². The third-order valence-electron chi connectivity index (χ3n) is 3.09. The molecule has 2 aromatic rings. The Morgan fingerprint density at radius 3 is 2.72 bits per heavy atom.